The van der Waals surface area contributed by atoms with Gasteiger partial charge in [0.2, 0.25) is 0 Å². The molecule has 2 rings (SSSR count). The second kappa shape index (κ2) is 3.90. The van der Waals surface area contributed by atoms with E-state index >= 15 is 0 Å². The van der Waals surface area contributed by atoms with Crippen LogP contribution < -0.4 is 0 Å². The molecule has 0 N–H and O–H groups in total. The van der Waals surface area contributed by atoms with Gasteiger partial charge in [0.25, 0.3) is 0 Å². The van der Waals surface area contributed by atoms with Crippen molar-refractivity contribution in [3.8, 4) is 0 Å². The van der Waals surface area contributed by atoms with Gasteiger partial charge in [0.15, 0.2) is 0 Å². The molecule has 0 aromatic heterocycles. The second-order valence-electron chi connectivity index (χ2n) is 3.41. The van der Waals surface area contributed by atoms with Crippen molar-refractivity contribution < 1.29 is 9.47 Å². The normalized spacial score (nSPS) is 20.2. The van der Waals surface area contributed by atoms with Crippen molar-refractivity contribution >= 4 is 0 Å². The van der Waals surface area contributed by atoms with E-state index in [4.69, 9.17) is 9.47 Å². The quantitative estimate of drug-likeness (QED) is 0.655. The molecule has 2 heteroatoms. The Morgan fingerprint density at radius 2 is 1.92 bits per heavy atom. The average Bonchev–Trinajstić information content (AvgIpc) is 2.93. The minimum atomic E-state index is 0.480. The summed E-state index contributed by atoms with van der Waals surface area (Å²) in [4.78, 5) is 0. The van der Waals surface area contributed by atoms with Crippen LogP contribution in [0.4, 0.5) is 0 Å². The van der Waals surface area contributed by atoms with Crippen LogP contribution in [0.5, 0.6) is 0 Å². The Hall–Kier alpha value is -0.860. The highest BCUT2D eigenvalue weighted by Gasteiger charge is 2.22. The van der Waals surface area contributed by atoms with E-state index in [1.807, 2.05) is 0 Å². The Labute approximate surface area is 78.5 Å². The fourth-order valence-electron chi connectivity index (χ4n) is 1.39. The molecule has 0 aliphatic carbocycles. The molecular formula is C11H14O2. The van der Waals surface area contributed by atoms with Gasteiger partial charge in [0, 0.05) is 13.5 Å². The summed E-state index contributed by atoms with van der Waals surface area (Å²) in [6, 6.07) is 8.52. The third-order valence-corrected chi connectivity index (χ3v) is 2.20. The van der Waals surface area contributed by atoms with Gasteiger partial charge in [-0.2, -0.15) is 0 Å². The van der Waals surface area contributed by atoms with E-state index in [0.717, 1.165) is 13.0 Å². The van der Waals surface area contributed by atoms with Gasteiger partial charge in [0.1, 0.15) is 0 Å². The lowest BCUT2D eigenvalue weighted by atomic mass is 10.1. The molecule has 1 saturated heterocycles. The van der Waals surface area contributed by atoms with Crippen molar-refractivity contribution in [2.24, 2.45) is 0 Å². The van der Waals surface area contributed by atoms with Crippen molar-refractivity contribution in [1.29, 1.82) is 0 Å². The molecule has 0 radical (unpaired) electrons. The third-order valence-electron chi connectivity index (χ3n) is 2.20. The smallest absolute Gasteiger partial charge is 0.0850 e. The summed E-state index contributed by atoms with van der Waals surface area (Å²) >= 11 is 0. The van der Waals surface area contributed by atoms with Crippen molar-refractivity contribution in [1.82, 2.24) is 0 Å². The molecule has 0 saturated carbocycles. The Kier molecular flexibility index (Phi) is 2.62. The topological polar surface area (TPSA) is 21.8 Å². The standard InChI is InChI=1S/C11H14O2/c1-12-7-10-4-2-9(3-5-10)6-11-8-13-11/h2-5,11H,6-8H2,1H3. The lowest BCUT2D eigenvalue weighted by Gasteiger charge is -2.01. The maximum absolute atomic E-state index is 5.17. The van der Waals surface area contributed by atoms with Crippen LogP contribution in [0.25, 0.3) is 0 Å². The van der Waals surface area contributed by atoms with Crippen molar-refractivity contribution in [2.75, 3.05) is 13.7 Å². The molecule has 1 aliphatic heterocycles. The molecule has 0 bridgehead atoms. The molecule has 2 nitrogen and oxygen atoms in total. The number of methoxy groups -OCH3 is 1. The lowest BCUT2D eigenvalue weighted by Crippen LogP contribution is -1.93. The number of benzene rings is 1. The number of rotatable bonds is 4. The first-order valence-corrected chi connectivity index (χ1v) is 4.57. The molecule has 1 aromatic carbocycles. The van der Waals surface area contributed by atoms with Gasteiger partial charge in [-0.3, -0.25) is 0 Å². The molecule has 1 aliphatic rings. The van der Waals surface area contributed by atoms with Gasteiger partial charge < -0.3 is 9.47 Å². The summed E-state index contributed by atoms with van der Waals surface area (Å²) in [6.07, 6.45) is 1.53. The molecule has 0 amide bonds. The fourth-order valence-corrected chi connectivity index (χ4v) is 1.39. The fraction of sp³-hybridized carbons (Fsp3) is 0.455. The van der Waals surface area contributed by atoms with Gasteiger partial charge in [-0.1, -0.05) is 24.3 Å². The Morgan fingerprint density at radius 1 is 1.31 bits per heavy atom. The molecular weight excluding hydrogens is 164 g/mol. The monoisotopic (exact) mass is 178 g/mol. The van der Waals surface area contributed by atoms with Crippen LogP contribution in [0.3, 0.4) is 0 Å². The van der Waals surface area contributed by atoms with Gasteiger partial charge >= 0.3 is 0 Å². The van der Waals surface area contributed by atoms with E-state index in [9.17, 15) is 0 Å². The average molecular weight is 178 g/mol. The maximum Gasteiger partial charge on any atom is 0.0850 e. The first kappa shape index (κ1) is 8.73. The van der Waals surface area contributed by atoms with Crippen LogP contribution in [0.2, 0.25) is 0 Å². The highest BCUT2D eigenvalue weighted by atomic mass is 16.6. The van der Waals surface area contributed by atoms with Crippen LogP contribution in [-0.4, -0.2) is 19.8 Å². The molecule has 1 heterocycles. The second-order valence-corrected chi connectivity index (χ2v) is 3.41. The lowest BCUT2D eigenvalue weighted by molar-refractivity contribution is 0.185. The maximum atomic E-state index is 5.17. The Balaban J connectivity index is 1.95. The number of epoxide rings is 1. The van der Waals surface area contributed by atoms with Gasteiger partial charge in [0.05, 0.1) is 19.3 Å². The van der Waals surface area contributed by atoms with E-state index in [-0.39, 0.29) is 0 Å². The minimum absolute atomic E-state index is 0.480. The number of ether oxygens (including phenoxy) is 2. The van der Waals surface area contributed by atoms with Gasteiger partial charge in [-0.05, 0) is 11.1 Å². The molecule has 1 aromatic rings. The first-order valence-electron chi connectivity index (χ1n) is 4.57. The van der Waals surface area contributed by atoms with E-state index < -0.39 is 0 Å². The first-order chi connectivity index (χ1) is 6.38. The summed E-state index contributed by atoms with van der Waals surface area (Å²) in [5.74, 6) is 0. The molecule has 1 atom stereocenters. The third kappa shape index (κ3) is 2.54. The van der Waals surface area contributed by atoms with Gasteiger partial charge in [-0.25, -0.2) is 0 Å². The zero-order valence-corrected chi connectivity index (χ0v) is 7.82. The van der Waals surface area contributed by atoms with Crippen molar-refractivity contribution in [3.63, 3.8) is 0 Å². The van der Waals surface area contributed by atoms with Gasteiger partial charge in [-0.15, -0.1) is 0 Å². The summed E-state index contributed by atoms with van der Waals surface area (Å²) in [5, 5.41) is 0. The zero-order chi connectivity index (χ0) is 9.10. The van der Waals surface area contributed by atoms with Crippen LogP contribution >= 0.6 is 0 Å². The van der Waals surface area contributed by atoms with E-state index in [0.29, 0.717) is 12.7 Å². The van der Waals surface area contributed by atoms with Crippen LogP contribution in [0.1, 0.15) is 11.1 Å². The van der Waals surface area contributed by atoms with E-state index in [2.05, 4.69) is 24.3 Å². The predicted molar refractivity (Wildman–Crippen MR) is 50.6 cm³/mol. The van der Waals surface area contributed by atoms with Crippen LogP contribution in [0.15, 0.2) is 24.3 Å². The van der Waals surface area contributed by atoms with Crippen LogP contribution in [-0.2, 0) is 22.5 Å². The zero-order valence-electron chi connectivity index (χ0n) is 7.82. The molecule has 70 valence electrons. The highest BCUT2D eigenvalue weighted by Crippen LogP contribution is 2.16. The molecule has 1 fully saturated rings. The minimum Gasteiger partial charge on any atom is -0.380 e. The summed E-state index contributed by atoms with van der Waals surface area (Å²) in [7, 11) is 1.71. The molecule has 13 heavy (non-hydrogen) atoms. The van der Waals surface area contributed by atoms with E-state index in [1.165, 1.54) is 11.1 Å². The largest absolute Gasteiger partial charge is 0.380 e. The summed E-state index contributed by atoms with van der Waals surface area (Å²) in [5.41, 5.74) is 2.57. The number of hydrogen-bond donors (Lipinski definition) is 0. The Bertz CT molecular complexity index is 262. The molecule has 1 unspecified atom stereocenters. The predicted octanol–water partition coefficient (Wildman–Crippen LogP) is 1.77. The van der Waals surface area contributed by atoms with Crippen LogP contribution in [0, 0.1) is 0 Å². The highest BCUT2D eigenvalue weighted by molar-refractivity contribution is 5.23. The summed E-state index contributed by atoms with van der Waals surface area (Å²) in [6.45, 7) is 1.63. The molecule has 0 spiro atoms. The Morgan fingerprint density at radius 3 is 2.46 bits per heavy atom. The summed E-state index contributed by atoms with van der Waals surface area (Å²) < 4.78 is 10.2. The van der Waals surface area contributed by atoms with E-state index in [1.54, 1.807) is 7.11 Å². The van der Waals surface area contributed by atoms with Crippen molar-refractivity contribution in [3.05, 3.63) is 35.4 Å². The number of hydrogen-bond acceptors (Lipinski definition) is 2. The van der Waals surface area contributed by atoms with Crippen molar-refractivity contribution in [2.45, 2.75) is 19.1 Å². The SMILES string of the molecule is COCc1ccc(CC2CO2)cc1.